The number of methoxy groups -OCH3 is 3. The molecule has 0 saturated carbocycles. The fraction of sp³-hybridized carbons (Fsp3) is 0.538. The summed E-state index contributed by atoms with van der Waals surface area (Å²) in [5.74, 6) is 2.30. The molecular formula is C26H33NO9. The summed E-state index contributed by atoms with van der Waals surface area (Å²) in [4.78, 5) is 2.37. The molecule has 4 N–H and O–H groups in total. The number of nitrogens with zero attached hydrogens (tertiary/aromatic N) is 1. The second-order valence-corrected chi connectivity index (χ2v) is 9.40. The van der Waals surface area contributed by atoms with E-state index in [-0.39, 0.29) is 6.04 Å². The zero-order valence-corrected chi connectivity index (χ0v) is 20.6. The Kier molecular flexibility index (Phi) is 6.99. The number of rotatable bonds is 6. The molecule has 6 atom stereocenters. The van der Waals surface area contributed by atoms with Crippen molar-refractivity contribution in [3.63, 3.8) is 0 Å². The van der Waals surface area contributed by atoms with Gasteiger partial charge < -0.3 is 44.1 Å². The highest BCUT2D eigenvalue weighted by Gasteiger charge is 2.45. The Morgan fingerprint density at radius 2 is 1.64 bits per heavy atom. The van der Waals surface area contributed by atoms with E-state index in [0.29, 0.717) is 23.8 Å². The first-order valence-electron chi connectivity index (χ1n) is 12.0. The van der Waals surface area contributed by atoms with Crippen molar-refractivity contribution >= 4 is 0 Å². The maximum atomic E-state index is 10.5. The largest absolute Gasteiger partial charge is 0.493 e. The topological polar surface area (TPSA) is 130 Å². The molecule has 36 heavy (non-hydrogen) atoms. The van der Waals surface area contributed by atoms with Crippen LogP contribution in [0.5, 0.6) is 23.0 Å². The molecule has 3 aliphatic rings. The predicted octanol–water partition coefficient (Wildman–Crippen LogP) is 0.547. The van der Waals surface area contributed by atoms with Crippen molar-refractivity contribution in [1.82, 2.24) is 4.90 Å². The number of benzene rings is 2. The Bertz CT molecular complexity index is 1110. The van der Waals surface area contributed by atoms with E-state index in [9.17, 15) is 20.4 Å². The first-order chi connectivity index (χ1) is 17.4. The monoisotopic (exact) mass is 503 g/mol. The summed E-state index contributed by atoms with van der Waals surface area (Å²) >= 11 is 0. The van der Waals surface area contributed by atoms with Crippen molar-refractivity contribution in [2.75, 3.05) is 34.5 Å². The SMILES string of the molecule is COc1cc2c(cc1OC)[C@@H]1Cc3ccc(OC)c(O[C@@H]4O[C@H](CO)[C@@H](O)[C@H](O)[C@H]4O)c3CN1CC2. The molecule has 0 amide bonds. The average molecular weight is 504 g/mol. The molecule has 196 valence electrons. The summed E-state index contributed by atoms with van der Waals surface area (Å²) in [6.07, 6.45) is -5.26. The molecule has 10 heteroatoms. The van der Waals surface area contributed by atoms with Crippen LogP contribution in [0, 0.1) is 0 Å². The highest BCUT2D eigenvalue weighted by molar-refractivity contribution is 5.55. The van der Waals surface area contributed by atoms with Crippen molar-refractivity contribution in [3.05, 3.63) is 46.5 Å². The molecule has 3 heterocycles. The Labute approximate surface area is 209 Å². The molecule has 1 fully saturated rings. The third kappa shape index (κ3) is 4.17. The van der Waals surface area contributed by atoms with Crippen LogP contribution in [-0.4, -0.2) is 90.5 Å². The minimum absolute atomic E-state index is 0.148. The Balaban J connectivity index is 1.48. The molecule has 0 aliphatic carbocycles. The van der Waals surface area contributed by atoms with E-state index in [1.54, 1.807) is 14.2 Å². The summed E-state index contributed by atoms with van der Waals surface area (Å²) in [6.45, 7) is 0.888. The number of fused-ring (bicyclic) bond motifs is 4. The Hall–Kier alpha value is -2.60. The van der Waals surface area contributed by atoms with Gasteiger partial charge in [-0.25, -0.2) is 0 Å². The third-order valence-corrected chi connectivity index (χ3v) is 7.51. The van der Waals surface area contributed by atoms with E-state index in [1.807, 2.05) is 12.1 Å². The van der Waals surface area contributed by atoms with Gasteiger partial charge in [0, 0.05) is 24.7 Å². The maximum absolute atomic E-state index is 10.5. The second-order valence-electron chi connectivity index (χ2n) is 9.40. The van der Waals surface area contributed by atoms with Crippen molar-refractivity contribution in [2.45, 2.75) is 56.1 Å². The highest BCUT2D eigenvalue weighted by Crippen LogP contribution is 2.46. The minimum atomic E-state index is -1.53. The number of hydrogen-bond acceptors (Lipinski definition) is 10. The lowest BCUT2D eigenvalue weighted by Gasteiger charge is -2.43. The molecular weight excluding hydrogens is 470 g/mol. The fourth-order valence-electron chi connectivity index (χ4n) is 5.50. The molecule has 3 aliphatic heterocycles. The van der Waals surface area contributed by atoms with Crippen LogP contribution in [0.1, 0.15) is 28.3 Å². The van der Waals surface area contributed by atoms with Crippen LogP contribution in [0.3, 0.4) is 0 Å². The van der Waals surface area contributed by atoms with Gasteiger partial charge in [-0.2, -0.15) is 0 Å². The molecule has 1 saturated heterocycles. The highest BCUT2D eigenvalue weighted by atomic mass is 16.7. The number of hydrogen-bond donors (Lipinski definition) is 4. The van der Waals surface area contributed by atoms with Gasteiger partial charge in [-0.15, -0.1) is 0 Å². The summed E-state index contributed by atoms with van der Waals surface area (Å²) in [5.41, 5.74) is 4.42. The molecule has 0 spiro atoms. The minimum Gasteiger partial charge on any atom is -0.493 e. The fourth-order valence-corrected chi connectivity index (χ4v) is 5.50. The molecule has 0 unspecified atom stereocenters. The van der Waals surface area contributed by atoms with Crippen LogP contribution in [0.4, 0.5) is 0 Å². The molecule has 5 rings (SSSR count). The summed E-state index contributed by atoms with van der Waals surface area (Å²) in [6, 6.07) is 8.09. The number of ether oxygens (including phenoxy) is 5. The molecule has 0 aromatic heterocycles. The average Bonchev–Trinajstić information content (AvgIpc) is 2.91. The summed E-state index contributed by atoms with van der Waals surface area (Å²) in [7, 11) is 4.81. The summed E-state index contributed by atoms with van der Waals surface area (Å²) < 4.78 is 28.3. The zero-order valence-electron chi connectivity index (χ0n) is 20.6. The lowest BCUT2D eigenvalue weighted by Crippen LogP contribution is -2.60. The number of aliphatic hydroxyl groups is 4. The zero-order chi connectivity index (χ0) is 25.6. The van der Waals surface area contributed by atoms with Crippen molar-refractivity contribution in [2.24, 2.45) is 0 Å². The second kappa shape index (κ2) is 10.0. The van der Waals surface area contributed by atoms with Crippen LogP contribution < -0.4 is 18.9 Å². The van der Waals surface area contributed by atoms with Gasteiger partial charge >= 0.3 is 0 Å². The first kappa shape index (κ1) is 25.1. The maximum Gasteiger partial charge on any atom is 0.229 e. The van der Waals surface area contributed by atoms with E-state index in [4.69, 9.17) is 23.7 Å². The van der Waals surface area contributed by atoms with E-state index in [0.717, 1.165) is 36.3 Å². The predicted molar refractivity (Wildman–Crippen MR) is 127 cm³/mol. The van der Waals surface area contributed by atoms with Crippen LogP contribution >= 0.6 is 0 Å². The Morgan fingerprint density at radius 1 is 0.917 bits per heavy atom. The molecule has 2 aromatic carbocycles. The molecule has 0 bridgehead atoms. The molecule has 0 radical (unpaired) electrons. The van der Waals surface area contributed by atoms with Crippen molar-refractivity contribution in [3.8, 4) is 23.0 Å². The van der Waals surface area contributed by atoms with Crippen molar-refractivity contribution in [1.29, 1.82) is 0 Å². The van der Waals surface area contributed by atoms with Gasteiger partial charge in [-0.1, -0.05) is 6.07 Å². The van der Waals surface area contributed by atoms with Crippen LogP contribution in [0.2, 0.25) is 0 Å². The normalized spacial score (nSPS) is 29.5. The lowest BCUT2D eigenvalue weighted by atomic mass is 9.83. The van der Waals surface area contributed by atoms with E-state index in [2.05, 4.69) is 17.0 Å². The third-order valence-electron chi connectivity index (χ3n) is 7.51. The smallest absolute Gasteiger partial charge is 0.229 e. The lowest BCUT2D eigenvalue weighted by molar-refractivity contribution is -0.277. The number of aliphatic hydroxyl groups excluding tert-OH is 4. The van der Waals surface area contributed by atoms with Gasteiger partial charge in [0.15, 0.2) is 23.0 Å². The van der Waals surface area contributed by atoms with Crippen LogP contribution in [0.25, 0.3) is 0 Å². The van der Waals surface area contributed by atoms with Gasteiger partial charge in [0.1, 0.15) is 24.4 Å². The van der Waals surface area contributed by atoms with Crippen LogP contribution in [0.15, 0.2) is 24.3 Å². The Morgan fingerprint density at radius 3 is 2.33 bits per heavy atom. The summed E-state index contributed by atoms with van der Waals surface area (Å²) in [5, 5.41) is 40.4. The van der Waals surface area contributed by atoms with Gasteiger partial charge in [-0.3, -0.25) is 4.90 Å². The van der Waals surface area contributed by atoms with E-state index < -0.39 is 37.3 Å². The van der Waals surface area contributed by atoms with E-state index in [1.165, 1.54) is 18.2 Å². The van der Waals surface area contributed by atoms with Gasteiger partial charge in [0.05, 0.1) is 27.9 Å². The standard InChI is InChI=1S/C26H33NO9/c1-32-18-5-4-13-8-17-15-10-20(34-3)19(33-2)9-14(15)6-7-27(17)11-16(13)25(18)36-26-24(31)23(30)22(29)21(12-28)35-26/h4-5,9-10,17,21-24,26,28-31H,6-8,11-12H2,1-3H3/t17-,21+,22+,23-,24+,26-/m0/s1. The van der Waals surface area contributed by atoms with E-state index >= 15 is 0 Å². The quantitative estimate of drug-likeness (QED) is 0.443. The van der Waals surface area contributed by atoms with Gasteiger partial charge in [0.25, 0.3) is 0 Å². The first-order valence-corrected chi connectivity index (χ1v) is 12.0. The van der Waals surface area contributed by atoms with Crippen molar-refractivity contribution < 1.29 is 44.1 Å². The van der Waals surface area contributed by atoms with Gasteiger partial charge in [-0.05, 0) is 47.7 Å². The molecule has 2 aromatic rings. The van der Waals surface area contributed by atoms with Crippen LogP contribution in [-0.2, 0) is 24.1 Å². The molecule has 10 nitrogen and oxygen atoms in total. The van der Waals surface area contributed by atoms with Gasteiger partial charge in [0.2, 0.25) is 6.29 Å².